The molecule has 4 fully saturated rings. The zero-order valence-corrected chi connectivity index (χ0v) is 11.4. The predicted octanol–water partition coefficient (Wildman–Crippen LogP) is 2.95. The van der Waals surface area contributed by atoms with E-state index in [1.807, 2.05) is 0 Å². The maximum atomic E-state index is 5.86. The van der Waals surface area contributed by atoms with Gasteiger partial charge < -0.3 is 10.1 Å². The fourth-order valence-corrected chi connectivity index (χ4v) is 5.69. The van der Waals surface area contributed by atoms with Gasteiger partial charge in [0, 0.05) is 6.42 Å². The quantitative estimate of drug-likeness (QED) is 0.828. The molecule has 2 nitrogen and oxygen atoms in total. The van der Waals surface area contributed by atoms with E-state index in [0.717, 1.165) is 42.6 Å². The van der Waals surface area contributed by atoms with Crippen LogP contribution in [-0.4, -0.2) is 19.7 Å². The molecule has 0 spiro atoms. The molecule has 0 aromatic carbocycles. The van der Waals surface area contributed by atoms with Crippen LogP contribution >= 0.6 is 0 Å². The van der Waals surface area contributed by atoms with Crippen molar-refractivity contribution in [1.29, 1.82) is 0 Å². The molecule has 0 radical (unpaired) electrons. The largest absolute Gasteiger partial charge is 0.496 e. The summed E-state index contributed by atoms with van der Waals surface area (Å²) in [6, 6.07) is 0.502. The fourth-order valence-electron chi connectivity index (χ4n) is 5.69. The van der Waals surface area contributed by atoms with Crippen LogP contribution in [0.15, 0.2) is 11.8 Å². The lowest BCUT2D eigenvalue weighted by Gasteiger charge is -2.56. The Bertz CT molecular complexity index is 334. The molecule has 0 saturated heterocycles. The molecule has 1 heterocycles. The van der Waals surface area contributed by atoms with Gasteiger partial charge in [-0.1, -0.05) is 0 Å². The third-order valence-electron chi connectivity index (χ3n) is 6.03. The lowest BCUT2D eigenvalue weighted by Crippen LogP contribution is -2.53. The van der Waals surface area contributed by atoms with Crippen molar-refractivity contribution in [3.05, 3.63) is 11.8 Å². The van der Waals surface area contributed by atoms with E-state index >= 15 is 0 Å². The minimum atomic E-state index is 0.502. The van der Waals surface area contributed by atoms with Crippen LogP contribution in [0.5, 0.6) is 0 Å². The van der Waals surface area contributed by atoms with Gasteiger partial charge in [-0.05, 0) is 74.8 Å². The molecule has 1 aliphatic heterocycles. The highest BCUT2D eigenvalue weighted by molar-refractivity contribution is 5.13. The molecule has 0 amide bonds. The summed E-state index contributed by atoms with van der Waals surface area (Å²) in [5.41, 5.74) is 0. The maximum absolute atomic E-state index is 5.86. The topological polar surface area (TPSA) is 21.3 Å². The number of nitrogens with one attached hydrogen (secondary N) is 1. The summed E-state index contributed by atoms with van der Waals surface area (Å²) in [4.78, 5) is 0. The van der Waals surface area contributed by atoms with Crippen LogP contribution in [0.25, 0.3) is 0 Å². The van der Waals surface area contributed by atoms with Crippen molar-refractivity contribution in [3.8, 4) is 0 Å². The van der Waals surface area contributed by atoms with E-state index in [9.17, 15) is 0 Å². The van der Waals surface area contributed by atoms with Crippen LogP contribution < -0.4 is 5.32 Å². The minimum Gasteiger partial charge on any atom is -0.496 e. The Balaban J connectivity index is 1.59. The van der Waals surface area contributed by atoms with Gasteiger partial charge in [0.15, 0.2) is 0 Å². The molecule has 0 aromatic heterocycles. The van der Waals surface area contributed by atoms with E-state index < -0.39 is 0 Å². The Kier molecular flexibility index (Phi) is 2.68. The first kappa shape index (κ1) is 11.3. The van der Waals surface area contributed by atoms with Gasteiger partial charge in [0.2, 0.25) is 0 Å². The number of hydrogen-bond acceptors (Lipinski definition) is 2. The van der Waals surface area contributed by atoms with Crippen LogP contribution in [0.4, 0.5) is 0 Å². The molecule has 2 heteroatoms. The Morgan fingerprint density at radius 3 is 2.28 bits per heavy atom. The van der Waals surface area contributed by atoms with Gasteiger partial charge >= 0.3 is 0 Å². The second-order valence-electron chi connectivity index (χ2n) is 7.02. The highest BCUT2D eigenvalue weighted by Crippen LogP contribution is 2.58. The highest BCUT2D eigenvalue weighted by Gasteiger charge is 2.51. The normalized spacial score (nSPS) is 46.9. The van der Waals surface area contributed by atoms with Gasteiger partial charge in [0.25, 0.3) is 0 Å². The average Bonchev–Trinajstić information content (AvgIpc) is 2.86. The van der Waals surface area contributed by atoms with Gasteiger partial charge in [-0.3, -0.25) is 0 Å². The summed E-state index contributed by atoms with van der Waals surface area (Å²) in [5, 5.41) is 3.58. The van der Waals surface area contributed by atoms with Crippen molar-refractivity contribution in [1.82, 2.24) is 5.32 Å². The number of likely N-dealkylation sites (N-methyl/N-ethyl adjacent to an activating group) is 1. The third-order valence-corrected chi connectivity index (χ3v) is 6.03. The Labute approximate surface area is 110 Å². The second-order valence-corrected chi connectivity index (χ2v) is 7.02. The summed E-state index contributed by atoms with van der Waals surface area (Å²) < 4.78 is 5.86. The molecule has 5 rings (SSSR count). The van der Waals surface area contributed by atoms with E-state index in [1.165, 1.54) is 31.4 Å². The lowest BCUT2D eigenvalue weighted by atomic mass is 9.50. The molecular weight excluding hydrogens is 222 g/mol. The lowest BCUT2D eigenvalue weighted by molar-refractivity contribution is -0.0518. The highest BCUT2D eigenvalue weighted by atomic mass is 16.5. The van der Waals surface area contributed by atoms with E-state index in [-0.39, 0.29) is 0 Å². The van der Waals surface area contributed by atoms with E-state index in [4.69, 9.17) is 4.74 Å². The van der Waals surface area contributed by atoms with E-state index in [2.05, 4.69) is 18.4 Å². The van der Waals surface area contributed by atoms with Crippen LogP contribution in [0.1, 0.15) is 38.5 Å². The van der Waals surface area contributed by atoms with Crippen molar-refractivity contribution < 1.29 is 4.74 Å². The van der Waals surface area contributed by atoms with Crippen molar-refractivity contribution in [2.45, 2.75) is 44.6 Å². The first-order valence-electron chi connectivity index (χ1n) is 7.85. The summed E-state index contributed by atoms with van der Waals surface area (Å²) in [6.45, 7) is 0.904. The number of ether oxygens (including phenoxy) is 1. The van der Waals surface area contributed by atoms with Gasteiger partial charge in [0.1, 0.15) is 5.76 Å². The molecule has 4 bridgehead atoms. The van der Waals surface area contributed by atoms with Crippen LogP contribution in [-0.2, 0) is 4.74 Å². The molecular formula is C16H25NO. The number of hydrogen-bond donors (Lipinski definition) is 1. The summed E-state index contributed by atoms with van der Waals surface area (Å²) in [6.07, 6.45) is 11.0. The van der Waals surface area contributed by atoms with Gasteiger partial charge in [0.05, 0.1) is 12.6 Å². The Morgan fingerprint density at radius 1 is 1.11 bits per heavy atom. The summed E-state index contributed by atoms with van der Waals surface area (Å²) >= 11 is 0. The van der Waals surface area contributed by atoms with Crippen LogP contribution in [0.3, 0.4) is 0 Å². The van der Waals surface area contributed by atoms with E-state index in [1.54, 1.807) is 6.42 Å². The first-order valence-corrected chi connectivity index (χ1v) is 7.85. The van der Waals surface area contributed by atoms with Crippen molar-refractivity contribution in [2.75, 3.05) is 13.7 Å². The molecule has 5 aliphatic rings. The second kappa shape index (κ2) is 4.26. The number of rotatable bonds is 3. The smallest absolute Gasteiger partial charge is 0.109 e. The predicted molar refractivity (Wildman–Crippen MR) is 72.0 cm³/mol. The molecule has 100 valence electrons. The van der Waals surface area contributed by atoms with E-state index in [0.29, 0.717) is 6.04 Å². The van der Waals surface area contributed by atoms with Gasteiger partial charge in [-0.25, -0.2) is 0 Å². The molecule has 1 atom stereocenters. The van der Waals surface area contributed by atoms with Crippen molar-refractivity contribution in [2.24, 2.45) is 29.6 Å². The molecule has 4 aliphatic carbocycles. The minimum absolute atomic E-state index is 0.502. The average molecular weight is 247 g/mol. The molecule has 0 aromatic rings. The summed E-state index contributed by atoms with van der Waals surface area (Å²) in [5.74, 6) is 6.20. The maximum Gasteiger partial charge on any atom is 0.109 e. The summed E-state index contributed by atoms with van der Waals surface area (Å²) in [7, 11) is 2.12. The van der Waals surface area contributed by atoms with Crippen molar-refractivity contribution in [3.63, 3.8) is 0 Å². The monoisotopic (exact) mass is 247 g/mol. The van der Waals surface area contributed by atoms with Gasteiger partial charge in [-0.15, -0.1) is 0 Å². The first-order chi connectivity index (χ1) is 8.85. The Morgan fingerprint density at radius 2 is 1.78 bits per heavy atom. The SMILES string of the molecule is CNC(C1=CCCO1)C1C2CC3CC(C2)CC1C3. The molecule has 4 saturated carbocycles. The standard InChI is InChI=1S/C16H25NO/c1-17-16(14-3-2-4-18-14)15-12-6-10-5-11(8-12)9-13(15)7-10/h3,10-13,15-17H,2,4-9H2,1H3. The van der Waals surface area contributed by atoms with Crippen LogP contribution in [0.2, 0.25) is 0 Å². The third kappa shape index (κ3) is 1.65. The van der Waals surface area contributed by atoms with Crippen molar-refractivity contribution >= 4 is 0 Å². The Hall–Kier alpha value is -0.500. The van der Waals surface area contributed by atoms with Crippen LogP contribution in [0, 0.1) is 29.6 Å². The molecule has 1 unspecified atom stereocenters. The zero-order chi connectivity index (χ0) is 12.1. The van der Waals surface area contributed by atoms with Gasteiger partial charge in [-0.2, -0.15) is 0 Å². The molecule has 18 heavy (non-hydrogen) atoms. The zero-order valence-electron chi connectivity index (χ0n) is 11.4. The fraction of sp³-hybridized carbons (Fsp3) is 0.875. The molecule has 1 N–H and O–H groups in total.